The van der Waals surface area contributed by atoms with Gasteiger partial charge in [0.15, 0.2) is 11.5 Å². The van der Waals surface area contributed by atoms with E-state index in [0.29, 0.717) is 16.9 Å². The lowest BCUT2D eigenvalue weighted by Gasteiger charge is -2.09. The third-order valence-corrected chi connectivity index (χ3v) is 4.31. The summed E-state index contributed by atoms with van der Waals surface area (Å²) < 4.78 is 2.62. The van der Waals surface area contributed by atoms with Gasteiger partial charge < -0.3 is 16.8 Å². The van der Waals surface area contributed by atoms with Gasteiger partial charge >= 0.3 is 0 Å². The van der Waals surface area contributed by atoms with Crippen molar-refractivity contribution in [2.75, 3.05) is 16.8 Å². The van der Waals surface area contributed by atoms with E-state index < -0.39 is 5.91 Å². The number of nitrogens with two attached hydrogens (primary N) is 2. The molecule has 0 aliphatic carbocycles. The van der Waals surface area contributed by atoms with Crippen LogP contribution < -0.4 is 21.5 Å². The predicted molar refractivity (Wildman–Crippen MR) is 106 cm³/mol. The molecule has 142 valence electrons. The fraction of sp³-hybridized carbons (Fsp3) is 0.0588. The fourth-order valence-corrected chi connectivity index (χ4v) is 2.64. The van der Waals surface area contributed by atoms with Crippen LogP contribution in [0.5, 0.6) is 0 Å². The van der Waals surface area contributed by atoms with Crippen molar-refractivity contribution < 1.29 is 9.59 Å². The normalized spacial score (nSPS) is 10.3. The van der Waals surface area contributed by atoms with Gasteiger partial charge in [0.1, 0.15) is 0 Å². The molecule has 0 atom stereocenters. The summed E-state index contributed by atoms with van der Waals surface area (Å²) in [4.78, 5) is 40.4. The van der Waals surface area contributed by atoms with Crippen molar-refractivity contribution >= 4 is 41.2 Å². The number of benzene rings is 1. The molecule has 0 radical (unpaired) electrons. The highest BCUT2D eigenvalue weighted by Gasteiger charge is 2.15. The minimum absolute atomic E-state index is 0.00422. The summed E-state index contributed by atoms with van der Waals surface area (Å²) in [6, 6.07) is 6.91. The molecule has 6 N–H and O–H groups in total. The van der Waals surface area contributed by atoms with Gasteiger partial charge in [0.25, 0.3) is 5.91 Å². The zero-order chi connectivity index (χ0) is 20.1. The number of rotatable bonds is 5. The van der Waals surface area contributed by atoms with Crippen molar-refractivity contribution in [3.05, 3.63) is 48.5 Å². The number of amides is 2. The average molecular weight is 396 g/mol. The Kier molecular flexibility index (Phi) is 5.65. The third-order valence-electron chi connectivity index (χ3n) is 3.41. The monoisotopic (exact) mass is 396 g/mol. The third kappa shape index (κ3) is 4.71. The number of nitrogens with zero attached hydrogens (tertiary/aromatic N) is 4. The molecule has 0 saturated carbocycles. The van der Waals surface area contributed by atoms with E-state index in [9.17, 15) is 9.59 Å². The van der Waals surface area contributed by atoms with E-state index in [-0.39, 0.29) is 23.4 Å². The summed E-state index contributed by atoms with van der Waals surface area (Å²) >= 11 is 1.18. The Hall–Kier alpha value is -3.73. The molecule has 2 amide bonds. The van der Waals surface area contributed by atoms with E-state index in [1.54, 1.807) is 24.3 Å². The molecular formula is C17H16N8O2S. The molecule has 2 aromatic heterocycles. The van der Waals surface area contributed by atoms with Crippen LogP contribution in [0, 0.1) is 0 Å². The Bertz CT molecular complexity index is 1010. The molecule has 0 spiro atoms. The molecule has 1 aromatic carbocycles. The van der Waals surface area contributed by atoms with E-state index in [1.807, 2.05) is 0 Å². The maximum absolute atomic E-state index is 12.6. The molecule has 0 unspecified atom stereocenters. The van der Waals surface area contributed by atoms with Gasteiger partial charge in [-0.1, -0.05) is 0 Å². The van der Waals surface area contributed by atoms with E-state index in [1.165, 1.54) is 37.5 Å². The van der Waals surface area contributed by atoms with Crippen LogP contribution in [0.4, 0.5) is 17.5 Å². The van der Waals surface area contributed by atoms with Crippen LogP contribution in [0.15, 0.2) is 47.8 Å². The van der Waals surface area contributed by atoms with Gasteiger partial charge in [-0.2, -0.15) is 0 Å². The minimum Gasteiger partial charge on any atom is -0.382 e. The Balaban J connectivity index is 1.76. The number of aromatic nitrogens is 4. The number of carbonyl (C=O) groups is 2. The summed E-state index contributed by atoms with van der Waals surface area (Å²) in [5.41, 5.74) is 12.7. The zero-order valence-corrected chi connectivity index (χ0v) is 15.5. The standard InChI is InChI=1S/C17H16N8O2S/c1-9(26)25-28-12-4-2-11(3-5-12)23-16(27)14-15(18)20-8-13(24-14)10-6-21-17(19)22-7-10/h2-8H,1H3,(H2,18,20)(H,23,27)(H,25,26)(H2,19,21,22). The number of nitrogens with one attached hydrogen (secondary N) is 2. The quantitative estimate of drug-likeness (QED) is 0.468. The largest absolute Gasteiger partial charge is 0.382 e. The Morgan fingerprint density at radius 3 is 2.32 bits per heavy atom. The number of hydrogen-bond acceptors (Lipinski definition) is 9. The summed E-state index contributed by atoms with van der Waals surface area (Å²) in [5, 5.41) is 2.71. The van der Waals surface area contributed by atoms with Crippen LogP contribution in [-0.2, 0) is 4.79 Å². The summed E-state index contributed by atoms with van der Waals surface area (Å²) in [6.45, 7) is 1.43. The minimum atomic E-state index is -0.509. The van der Waals surface area contributed by atoms with E-state index in [2.05, 4.69) is 30.0 Å². The first-order chi connectivity index (χ1) is 13.4. The zero-order valence-electron chi connectivity index (χ0n) is 14.7. The first-order valence-corrected chi connectivity index (χ1v) is 8.79. The molecule has 3 aromatic rings. The second kappa shape index (κ2) is 8.31. The van der Waals surface area contributed by atoms with Crippen LogP contribution in [0.3, 0.4) is 0 Å². The Morgan fingerprint density at radius 1 is 1.00 bits per heavy atom. The van der Waals surface area contributed by atoms with Gasteiger partial charge in [0.2, 0.25) is 11.9 Å². The van der Waals surface area contributed by atoms with Gasteiger partial charge in [-0.25, -0.2) is 19.9 Å². The molecule has 28 heavy (non-hydrogen) atoms. The second-order valence-corrected chi connectivity index (χ2v) is 6.44. The lowest BCUT2D eigenvalue weighted by Crippen LogP contribution is -2.17. The first kappa shape index (κ1) is 19.0. The number of nitrogen functional groups attached to an aromatic ring is 2. The van der Waals surface area contributed by atoms with Crippen molar-refractivity contribution in [1.82, 2.24) is 24.7 Å². The SMILES string of the molecule is CC(=O)NSc1ccc(NC(=O)c2nc(-c3cnc(N)nc3)cnc2N)cc1. The van der Waals surface area contributed by atoms with Crippen LogP contribution in [0.25, 0.3) is 11.3 Å². The van der Waals surface area contributed by atoms with E-state index in [4.69, 9.17) is 11.5 Å². The van der Waals surface area contributed by atoms with E-state index >= 15 is 0 Å². The van der Waals surface area contributed by atoms with Gasteiger partial charge in [0, 0.05) is 35.5 Å². The Labute approximate surface area is 164 Å². The molecule has 0 saturated heterocycles. The lowest BCUT2D eigenvalue weighted by atomic mass is 10.2. The predicted octanol–water partition coefficient (Wildman–Crippen LogP) is 1.49. The van der Waals surface area contributed by atoms with Crippen LogP contribution in [0.1, 0.15) is 17.4 Å². The highest BCUT2D eigenvalue weighted by molar-refractivity contribution is 7.98. The van der Waals surface area contributed by atoms with Crippen molar-refractivity contribution in [3.63, 3.8) is 0 Å². The van der Waals surface area contributed by atoms with Gasteiger partial charge in [-0.05, 0) is 36.2 Å². The highest BCUT2D eigenvalue weighted by atomic mass is 32.2. The summed E-state index contributed by atoms with van der Waals surface area (Å²) in [5.74, 6) is -0.533. The van der Waals surface area contributed by atoms with Crippen LogP contribution in [-0.4, -0.2) is 31.8 Å². The van der Waals surface area contributed by atoms with Crippen molar-refractivity contribution in [1.29, 1.82) is 0 Å². The summed E-state index contributed by atoms with van der Waals surface area (Å²) in [7, 11) is 0. The van der Waals surface area contributed by atoms with E-state index in [0.717, 1.165) is 4.90 Å². The smallest absolute Gasteiger partial charge is 0.278 e. The van der Waals surface area contributed by atoms with Gasteiger partial charge in [0.05, 0.1) is 11.9 Å². The second-order valence-electron chi connectivity index (χ2n) is 5.56. The van der Waals surface area contributed by atoms with Crippen LogP contribution >= 0.6 is 11.9 Å². The molecule has 2 heterocycles. The molecule has 0 bridgehead atoms. The number of carbonyl (C=O) groups excluding carboxylic acids is 2. The van der Waals surface area contributed by atoms with Gasteiger partial charge in [-0.15, -0.1) is 0 Å². The molecule has 3 rings (SSSR count). The molecule has 10 nitrogen and oxygen atoms in total. The topological polar surface area (TPSA) is 162 Å². The summed E-state index contributed by atoms with van der Waals surface area (Å²) in [6.07, 6.45) is 4.39. The van der Waals surface area contributed by atoms with Crippen LogP contribution in [0.2, 0.25) is 0 Å². The maximum atomic E-state index is 12.6. The molecule has 11 heteroatoms. The maximum Gasteiger partial charge on any atom is 0.278 e. The molecular weight excluding hydrogens is 380 g/mol. The Morgan fingerprint density at radius 2 is 1.68 bits per heavy atom. The average Bonchev–Trinajstić information content (AvgIpc) is 2.68. The van der Waals surface area contributed by atoms with Crippen molar-refractivity contribution in [2.45, 2.75) is 11.8 Å². The number of anilines is 3. The first-order valence-electron chi connectivity index (χ1n) is 7.97. The van der Waals surface area contributed by atoms with Crippen molar-refractivity contribution in [3.8, 4) is 11.3 Å². The molecule has 0 aliphatic rings. The van der Waals surface area contributed by atoms with Crippen molar-refractivity contribution in [2.24, 2.45) is 0 Å². The highest BCUT2D eigenvalue weighted by Crippen LogP contribution is 2.20. The van der Waals surface area contributed by atoms with Gasteiger partial charge in [-0.3, -0.25) is 14.3 Å². The number of hydrogen-bond donors (Lipinski definition) is 4. The fourth-order valence-electron chi connectivity index (χ4n) is 2.10. The molecule has 0 aliphatic heterocycles. The lowest BCUT2D eigenvalue weighted by molar-refractivity contribution is -0.117. The molecule has 0 fully saturated rings.